The highest BCUT2D eigenvalue weighted by Crippen LogP contribution is 2.12. The number of nitrogen functional groups attached to an aromatic ring is 1. The van der Waals surface area contributed by atoms with Crippen molar-refractivity contribution in [3.05, 3.63) is 47.8 Å². The van der Waals surface area contributed by atoms with Crippen molar-refractivity contribution in [2.75, 3.05) is 5.73 Å². The fourth-order valence-corrected chi connectivity index (χ4v) is 1.67. The van der Waals surface area contributed by atoms with Gasteiger partial charge in [-0.3, -0.25) is 9.89 Å². The van der Waals surface area contributed by atoms with Gasteiger partial charge in [-0.2, -0.15) is 5.10 Å². The summed E-state index contributed by atoms with van der Waals surface area (Å²) >= 11 is 0. The first-order chi connectivity index (χ1) is 8.75. The van der Waals surface area contributed by atoms with Crippen molar-refractivity contribution < 1.29 is 4.79 Å². The molecule has 0 radical (unpaired) electrons. The molecule has 18 heavy (non-hydrogen) atoms. The van der Waals surface area contributed by atoms with Crippen molar-refractivity contribution in [1.82, 2.24) is 15.5 Å². The molecule has 94 valence electrons. The number of nitrogens with zero attached hydrogens (tertiary/aromatic N) is 1. The summed E-state index contributed by atoms with van der Waals surface area (Å²) in [7, 11) is 0. The fourth-order valence-electron chi connectivity index (χ4n) is 1.67. The molecule has 0 spiro atoms. The SMILES string of the molecule is Nc1ccccc1CCC(=O)NCc1cn[nH]c1. The largest absolute Gasteiger partial charge is 0.399 e. The lowest BCUT2D eigenvalue weighted by atomic mass is 10.1. The molecule has 2 aromatic rings. The number of benzene rings is 1. The molecule has 1 aromatic heterocycles. The molecule has 0 saturated carbocycles. The second kappa shape index (κ2) is 5.86. The van der Waals surface area contributed by atoms with E-state index in [-0.39, 0.29) is 5.91 Å². The smallest absolute Gasteiger partial charge is 0.220 e. The van der Waals surface area contributed by atoms with Gasteiger partial charge in [0.25, 0.3) is 0 Å². The average molecular weight is 244 g/mol. The molecule has 0 fully saturated rings. The molecular weight excluding hydrogens is 228 g/mol. The zero-order valence-corrected chi connectivity index (χ0v) is 10.0. The maximum Gasteiger partial charge on any atom is 0.220 e. The Bertz CT molecular complexity index is 507. The van der Waals surface area contributed by atoms with Crippen LogP contribution in [-0.2, 0) is 17.8 Å². The van der Waals surface area contributed by atoms with E-state index in [1.54, 1.807) is 12.4 Å². The molecule has 1 heterocycles. The number of aromatic nitrogens is 2. The Hall–Kier alpha value is -2.30. The van der Waals surface area contributed by atoms with Gasteiger partial charge in [0, 0.05) is 30.4 Å². The minimum absolute atomic E-state index is 0.0134. The molecule has 5 nitrogen and oxygen atoms in total. The average Bonchev–Trinajstić information content (AvgIpc) is 2.88. The van der Waals surface area contributed by atoms with E-state index in [4.69, 9.17) is 5.73 Å². The number of nitrogens with two attached hydrogens (primary N) is 1. The van der Waals surface area contributed by atoms with Gasteiger partial charge in [-0.15, -0.1) is 0 Å². The van der Waals surface area contributed by atoms with Crippen molar-refractivity contribution >= 4 is 11.6 Å². The summed E-state index contributed by atoms with van der Waals surface area (Å²) in [4.78, 5) is 11.6. The van der Waals surface area contributed by atoms with Crippen molar-refractivity contribution in [3.63, 3.8) is 0 Å². The maximum absolute atomic E-state index is 11.6. The van der Waals surface area contributed by atoms with Crippen LogP contribution in [0.5, 0.6) is 0 Å². The lowest BCUT2D eigenvalue weighted by Crippen LogP contribution is -2.22. The number of anilines is 1. The van der Waals surface area contributed by atoms with Gasteiger partial charge in [-0.25, -0.2) is 0 Å². The first kappa shape index (κ1) is 12.2. The van der Waals surface area contributed by atoms with Crippen LogP contribution in [0.1, 0.15) is 17.5 Å². The van der Waals surface area contributed by atoms with Crippen molar-refractivity contribution in [3.8, 4) is 0 Å². The number of carbonyl (C=O) groups excluding carboxylic acids is 1. The van der Waals surface area contributed by atoms with E-state index in [9.17, 15) is 4.79 Å². The highest BCUT2D eigenvalue weighted by molar-refractivity contribution is 5.76. The number of hydrogen-bond donors (Lipinski definition) is 3. The Kier molecular flexibility index (Phi) is 3.96. The number of H-pyrrole nitrogens is 1. The number of hydrogen-bond acceptors (Lipinski definition) is 3. The third-order valence-electron chi connectivity index (χ3n) is 2.72. The van der Waals surface area contributed by atoms with Crippen molar-refractivity contribution in [1.29, 1.82) is 0 Å². The van der Waals surface area contributed by atoms with Crippen molar-refractivity contribution in [2.24, 2.45) is 0 Å². The zero-order chi connectivity index (χ0) is 12.8. The molecule has 0 atom stereocenters. The Morgan fingerprint density at radius 1 is 1.39 bits per heavy atom. The number of aryl methyl sites for hydroxylation is 1. The van der Waals surface area contributed by atoms with Crippen LogP contribution in [0.15, 0.2) is 36.7 Å². The number of aromatic amines is 1. The molecule has 1 aromatic carbocycles. The second-order valence-electron chi connectivity index (χ2n) is 4.08. The number of para-hydroxylation sites is 1. The highest BCUT2D eigenvalue weighted by Gasteiger charge is 2.04. The topological polar surface area (TPSA) is 83.8 Å². The second-order valence-corrected chi connectivity index (χ2v) is 4.08. The van der Waals surface area contributed by atoms with E-state index in [1.807, 2.05) is 24.3 Å². The van der Waals surface area contributed by atoms with Crippen LogP contribution in [0.25, 0.3) is 0 Å². The molecule has 0 aliphatic heterocycles. The summed E-state index contributed by atoms with van der Waals surface area (Å²) < 4.78 is 0. The highest BCUT2D eigenvalue weighted by atomic mass is 16.1. The summed E-state index contributed by atoms with van der Waals surface area (Å²) in [5.41, 5.74) is 8.52. The minimum Gasteiger partial charge on any atom is -0.399 e. The number of rotatable bonds is 5. The van der Waals surface area contributed by atoms with Crippen LogP contribution in [0.4, 0.5) is 5.69 Å². The predicted octanol–water partition coefficient (Wildman–Crippen LogP) is 1.24. The summed E-state index contributed by atoms with van der Waals surface area (Å²) in [5, 5.41) is 9.35. The van der Waals surface area contributed by atoms with Crippen molar-refractivity contribution in [2.45, 2.75) is 19.4 Å². The third-order valence-corrected chi connectivity index (χ3v) is 2.72. The van der Waals surface area contributed by atoms with Gasteiger partial charge in [0.1, 0.15) is 0 Å². The maximum atomic E-state index is 11.6. The molecular formula is C13H16N4O. The monoisotopic (exact) mass is 244 g/mol. The standard InChI is InChI=1S/C13H16N4O/c14-12-4-2-1-3-11(12)5-6-13(18)15-7-10-8-16-17-9-10/h1-4,8-9H,5-7,14H2,(H,15,18)(H,16,17). The van der Waals surface area contributed by atoms with Crippen LogP contribution in [0.3, 0.4) is 0 Å². The molecule has 0 aliphatic rings. The molecule has 0 saturated heterocycles. The number of amides is 1. The van der Waals surface area contributed by atoms with Gasteiger partial charge in [-0.1, -0.05) is 18.2 Å². The van der Waals surface area contributed by atoms with Gasteiger partial charge in [-0.05, 0) is 18.1 Å². The lowest BCUT2D eigenvalue weighted by molar-refractivity contribution is -0.121. The van der Waals surface area contributed by atoms with Gasteiger partial charge in [0.2, 0.25) is 5.91 Å². The van der Waals surface area contributed by atoms with Crippen LogP contribution < -0.4 is 11.1 Å². The Balaban J connectivity index is 1.77. The van der Waals surface area contributed by atoms with E-state index in [2.05, 4.69) is 15.5 Å². The minimum atomic E-state index is 0.0134. The summed E-state index contributed by atoms with van der Waals surface area (Å²) in [6, 6.07) is 7.60. The molecule has 2 rings (SSSR count). The van der Waals surface area contributed by atoms with E-state index < -0.39 is 0 Å². The van der Waals surface area contributed by atoms with E-state index in [0.717, 1.165) is 16.8 Å². The van der Waals surface area contributed by atoms with Crippen LogP contribution in [0, 0.1) is 0 Å². The Labute approximate surface area is 105 Å². The molecule has 1 amide bonds. The first-order valence-electron chi connectivity index (χ1n) is 5.83. The zero-order valence-electron chi connectivity index (χ0n) is 10.0. The van der Waals surface area contributed by atoms with E-state index in [0.29, 0.717) is 19.4 Å². The third kappa shape index (κ3) is 3.35. The molecule has 4 N–H and O–H groups in total. The lowest BCUT2D eigenvalue weighted by Gasteiger charge is -2.06. The normalized spacial score (nSPS) is 10.2. The molecule has 0 aliphatic carbocycles. The van der Waals surface area contributed by atoms with Crippen LogP contribution in [-0.4, -0.2) is 16.1 Å². The van der Waals surface area contributed by atoms with Gasteiger partial charge in [0.15, 0.2) is 0 Å². The number of nitrogens with one attached hydrogen (secondary N) is 2. The van der Waals surface area contributed by atoms with E-state index >= 15 is 0 Å². The molecule has 0 bridgehead atoms. The van der Waals surface area contributed by atoms with Gasteiger partial charge < -0.3 is 11.1 Å². The Morgan fingerprint density at radius 2 is 2.22 bits per heavy atom. The fraction of sp³-hybridized carbons (Fsp3) is 0.231. The van der Waals surface area contributed by atoms with E-state index in [1.165, 1.54) is 0 Å². The van der Waals surface area contributed by atoms with Gasteiger partial charge in [0.05, 0.1) is 6.20 Å². The van der Waals surface area contributed by atoms with Crippen LogP contribution >= 0.6 is 0 Å². The Morgan fingerprint density at radius 3 is 2.94 bits per heavy atom. The first-order valence-corrected chi connectivity index (χ1v) is 5.83. The summed E-state index contributed by atoms with van der Waals surface area (Å²) in [5.74, 6) is 0.0134. The number of carbonyl (C=O) groups is 1. The summed E-state index contributed by atoms with van der Waals surface area (Å²) in [6.45, 7) is 0.500. The summed E-state index contributed by atoms with van der Waals surface area (Å²) in [6.07, 6.45) is 4.54. The quantitative estimate of drug-likeness (QED) is 0.692. The molecule has 0 unspecified atom stereocenters. The van der Waals surface area contributed by atoms with Gasteiger partial charge >= 0.3 is 0 Å². The predicted molar refractivity (Wildman–Crippen MR) is 69.6 cm³/mol. The molecule has 5 heteroatoms. The van der Waals surface area contributed by atoms with Crippen LogP contribution in [0.2, 0.25) is 0 Å².